The number of benzene rings is 1. The van der Waals surface area contributed by atoms with E-state index in [2.05, 4.69) is 10.6 Å². The third-order valence-corrected chi connectivity index (χ3v) is 4.33. The summed E-state index contributed by atoms with van der Waals surface area (Å²) >= 11 is 0. The lowest BCUT2D eigenvalue weighted by Gasteiger charge is -2.29. The molecule has 25 heavy (non-hydrogen) atoms. The molecule has 1 unspecified atom stereocenters. The van der Waals surface area contributed by atoms with Crippen molar-refractivity contribution in [3.8, 4) is 5.75 Å². The fourth-order valence-electron chi connectivity index (χ4n) is 3.09. The number of imide groups is 1. The Bertz CT molecular complexity index is 691. The van der Waals surface area contributed by atoms with Gasteiger partial charge in [-0.3, -0.25) is 19.7 Å². The largest absolute Gasteiger partial charge is 0.492 e. The average Bonchev–Trinajstić information content (AvgIpc) is 2.91. The normalized spacial score (nSPS) is 19.8. The van der Waals surface area contributed by atoms with Gasteiger partial charge in [-0.05, 0) is 30.2 Å². The van der Waals surface area contributed by atoms with Crippen molar-refractivity contribution in [1.29, 1.82) is 0 Å². The molecule has 1 aromatic carbocycles. The summed E-state index contributed by atoms with van der Waals surface area (Å²) in [6.45, 7) is 1.99. The third kappa shape index (κ3) is 3.80. The number of amides is 3. The Morgan fingerprint density at radius 1 is 1.28 bits per heavy atom. The van der Waals surface area contributed by atoms with Gasteiger partial charge in [0.15, 0.2) is 0 Å². The van der Waals surface area contributed by atoms with Crippen molar-refractivity contribution < 1.29 is 24.2 Å². The van der Waals surface area contributed by atoms with Crippen LogP contribution in [0.3, 0.4) is 0 Å². The quantitative estimate of drug-likeness (QED) is 0.449. The van der Waals surface area contributed by atoms with Crippen LogP contribution in [-0.4, -0.2) is 60.1 Å². The molecule has 3 amide bonds. The van der Waals surface area contributed by atoms with Gasteiger partial charge in [0.05, 0.1) is 6.61 Å². The van der Waals surface area contributed by atoms with E-state index >= 15 is 0 Å². The summed E-state index contributed by atoms with van der Waals surface area (Å²) in [6, 6.07) is 4.65. The van der Waals surface area contributed by atoms with E-state index < -0.39 is 11.9 Å². The second-order valence-corrected chi connectivity index (χ2v) is 6.04. The Morgan fingerprint density at radius 3 is 2.88 bits per heavy atom. The molecule has 0 aromatic heterocycles. The molecule has 134 valence electrons. The molecule has 0 aliphatic carbocycles. The van der Waals surface area contributed by atoms with Crippen molar-refractivity contribution >= 4 is 17.7 Å². The maximum atomic E-state index is 12.6. The standard InChI is InChI=1S/C17H21N3O5/c21-7-5-18-6-8-25-12-1-2-13-11(9-12)10-20(17(13)24)14-3-4-15(22)19-16(14)23/h1-2,9,14,18,21H,3-8,10H2,(H,19,22,23). The predicted molar refractivity (Wildman–Crippen MR) is 87.9 cm³/mol. The summed E-state index contributed by atoms with van der Waals surface area (Å²) in [6.07, 6.45) is 0.593. The highest BCUT2D eigenvalue weighted by atomic mass is 16.5. The number of aliphatic hydroxyl groups is 1. The Hall–Kier alpha value is -2.45. The first-order valence-electron chi connectivity index (χ1n) is 8.32. The molecule has 1 saturated heterocycles. The fraction of sp³-hybridized carbons (Fsp3) is 0.471. The first-order chi connectivity index (χ1) is 12.1. The van der Waals surface area contributed by atoms with Crippen molar-refractivity contribution in [2.45, 2.75) is 25.4 Å². The minimum atomic E-state index is -0.607. The summed E-state index contributed by atoms with van der Waals surface area (Å²) in [4.78, 5) is 37.3. The van der Waals surface area contributed by atoms with Gasteiger partial charge >= 0.3 is 0 Å². The molecule has 8 nitrogen and oxygen atoms in total. The first kappa shape index (κ1) is 17.4. The summed E-state index contributed by atoms with van der Waals surface area (Å²) in [5.41, 5.74) is 1.38. The summed E-state index contributed by atoms with van der Waals surface area (Å²) in [5, 5.41) is 14.0. The van der Waals surface area contributed by atoms with E-state index in [4.69, 9.17) is 9.84 Å². The molecule has 0 bridgehead atoms. The van der Waals surface area contributed by atoms with Gasteiger partial charge in [0.2, 0.25) is 11.8 Å². The van der Waals surface area contributed by atoms with Gasteiger partial charge in [0.1, 0.15) is 18.4 Å². The number of carbonyl (C=O) groups is 3. The zero-order chi connectivity index (χ0) is 17.8. The van der Waals surface area contributed by atoms with Crippen LogP contribution in [0.15, 0.2) is 18.2 Å². The van der Waals surface area contributed by atoms with Crippen LogP contribution in [0.5, 0.6) is 5.75 Å². The number of piperidine rings is 1. The second kappa shape index (κ2) is 7.62. The van der Waals surface area contributed by atoms with Crippen LogP contribution in [0, 0.1) is 0 Å². The van der Waals surface area contributed by atoms with E-state index in [0.717, 1.165) is 5.56 Å². The Morgan fingerprint density at radius 2 is 2.12 bits per heavy atom. The molecule has 0 saturated carbocycles. The molecule has 1 fully saturated rings. The van der Waals surface area contributed by atoms with Crippen LogP contribution in [0.4, 0.5) is 0 Å². The molecule has 0 radical (unpaired) electrons. The maximum absolute atomic E-state index is 12.6. The van der Waals surface area contributed by atoms with Crippen LogP contribution in [0.1, 0.15) is 28.8 Å². The Balaban J connectivity index is 1.63. The van der Waals surface area contributed by atoms with E-state index in [-0.39, 0.29) is 24.8 Å². The molecule has 3 rings (SSSR count). The Labute approximate surface area is 145 Å². The van der Waals surface area contributed by atoms with Crippen LogP contribution >= 0.6 is 0 Å². The number of aliphatic hydroxyl groups excluding tert-OH is 1. The lowest BCUT2D eigenvalue weighted by molar-refractivity contribution is -0.136. The fourth-order valence-corrected chi connectivity index (χ4v) is 3.09. The van der Waals surface area contributed by atoms with Crippen LogP contribution < -0.4 is 15.4 Å². The number of fused-ring (bicyclic) bond motifs is 1. The highest BCUT2D eigenvalue weighted by Gasteiger charge is 2.39. The number of hydrogen-bond donors (Lipinski definition) is 3. The molecule has 2 heterocycles. The number of nitrogens with one attached hydrogen (secondary N) is 2. The minimum absolute atomic E-state index is 0.0805. The second-order valence-electron chi connectivity index (χ2n) is 6.04. The van der Waals surface area contributed by atoms with Crippen LogP contribution in [-0.2, 0) is 16.1 Å². The molecule has 2 aliphatic rings. The van der Waals surface area contributed by atoms with Gasteiger partial charge < -0.3 is 20.1 Å². The summed E-state index contributed by atoms with van der Waals surface area (Å²) < 4.78 is 5.63. The molecular weight excluding hydrogens is 326 g/mol. The van der Waals surface area contributed by atoms with E-state index in [1.807, 2.05) is 6.07 Å². The van der Waals surface area contributed by atoms with Gasteiger partial charge in [-0.25, -0.2) is 0 Å². The molecular formula is C17H21N3O5. The number of ether oxygens (including phenoxy) is 1. The van der Waals surface area contributed by atoms with Crippen molar-refractivity contribution in [2.24, 2.45) is 0 Å². The highest BCUT2D eigenvalue weighted by molar-refractivity contribution is 6.05. The topological polar surface area (TPSA) is 108 Å². The number of hydrogen-bond acceptors (Lipinski definition) is 6. The molecule has 1 aromatic rings. The average molecular weight is 347 g/mol. The van der Waals surface area contributed by atoms with Gasteiger partial charge in [0.25, 0.3) is 5.91 Å². The minimum Gasteiger partial charge on any atom is -0.492 e. The van der Waals surface area contributed by atoms with E-state index in [1.54, 1.807) is 12.1 Å². The number of nitrogens with zero attached hydrogens (tertiary/aromatic N) is 1. The van der Waals surface area contributed by atoms with Gasteiger partial charge in [-0.15, -0.1) is 0 Å². The molecule has 1 atom stereocenters. The number of carbonyl (C=O) groups excluding carboxylic acids is 3. The van der Waals surface area contributed by atoms with Crippen molar-refractivity contribution in [2.75, 3.05) is 26.3 Å². The summed E-state index contributed by atoms with van der Waals surface area (Å²) in [7, 11) is 0. The van der Waals surface area contributed by atoms with Crippen LogP contribution in [0.25, 0.3) is 0 Å². The third-order valence-electron chi connectivity index (χ3n) is 4.33. The zero-order valence-corrected chi connectivity index (χ0v) is 13.8. The smallest absolute Gasteiger partial charge is 0.255 e. The molecule has 2 aliphatic heterocycles. The van der Waals surface area contributed by atoms with E-state index in [9.17, 15) is 14.4 Å². The Kier molecular flexibility index (Phi) is 5.30. The van der Waals surface area contributed by atoms with Gasteiger partial charge in [-0.1, -0.05) is 0 Å². The lowest BCUT2D eigenvalue weighted by atomic mass is 10.0. The molecule has 3 N–H and O–H groups in total. The first-order valence-corrected chi connectivity index (χ1v) is 8.32. The molecule has 0 spiro atoms. The van der Waals surface area contributed by atoms with E-state index in [0.29, 0.717) is 44.0 Å². The SMILES string of the molecule is O=C1CCC(N2Cc3cc(OCCNCCO)ccc3C2=O)C(=O)N1. The zero-order valence-electron chi connectivity index (χ0n) is 13.8. The van der Waals surface area contributed by atoms with Crippen LogP contribution in [0.2, 0.25) is 0 Å². The molecule has 8 heteroatoms. The maximum Gasteiger partial charge on any atom is 0.255 e. The monoisotopic (exact) mass is 347 g/mol. The lowest BCUT2D eigenvalue weighted by Crippen LogP contribution is -2.52. The van der Waals surface area contributed by atoms with E-state index in [1.165, 1.54) is 4.90 Å². The number of rotatable bonds is 7. The summed E-state index contributed by atoms with van der Waals surface area (Å²) in [5.74, 6) is -0.247. The highest BCUT2D eigenvalue weighted by Crippen LogP contribution is 2.30. The predicted octanol–water partition coefficient (Wildman–Crippen LogP) is -0.592. The van der Waals surface area contributed by atoms with Crippen molar-refractivity contribution in [3.63, 3.8) is 0 Å². The van der Waals surface area contributed by atoms with Gasteiger partial charge in [0, 0.05) is 31.6 Å². The van der Waals surface area contributed by atoms with Gasteiger partial charge in [-0.2, -0.15) is 0 Å². The van der Waals surface area contributed by atoms with Crippen molar-refractivity contribution in [3.05, 3.63) is 29.3 Å². The van der Waals surface area contributed by atoms with Crippen molar-refractivity contribution in [1.82, 2.24) is 15.5 Å².